The fourth-order valence-corrected chi connectivity index (χ4v) is 4.46. The largest absolute Gasteiger partial charge is 0.465 e. The second kappa shape index (κ2) is 17.8. The van der Waals surface area contributed by atoms with Crippen LogP contribution in [0.5, 0.6) is 0 Å². The van der Waals surface area contributed by atoms with Gasteiger partial charge in [-0.05, 0) is 65.9 Å². The van der Waals surface area contributed by atoms with Gasteiger partial charge in [0.2, 0.25) is 0 Å². The molecule has 2 aromatic heterocycles. The highest BCUT2D eigenvalue weighted by molar-refractivity contribution is 9.10. The molecule has 0 fully saturated rings. The van der Waals surface area contributed by atoms with Crippen LogP contribution in [0, 0.1) is 0 Å². The van der Waals surface area contributed by atoms with E-state index in [4.69, 9.17) is 19.9 Å². The van der Waals surface area contributed by atoms with Crippen LogP contribution in [-0.4, -0.2) is 73.5 Å². The first-order valence-electron chi connectivity index (χ1n) is 13.8. The number of rotatable bonds is 12. The zero-order chi connectivity index (χ0) is 31.9. The summed E-state index contributed by atoms with van der Waals surface area (Å²) in [5, 5.41) is 0. The van der Waals surface area contributed by atoms with Gasteiger partial charge in [-0.1, -0.05) is 24.3 Å². The summed E-state index contributed by atoms with van der Waals surface area (Å²) in [5.74, 6) is -0.370. The van der Waals surface area contributed by atoms with Gasteiger partial charge in [0.05, 0.1) is 42.9 Å². The number of carbonyl (C=O) groups excluding carboxylic acids is 2. The van der Waals surface area contributed by atoms with E-state index in [0.717, 1.165) is 53.9 Å². The highest BCUT2D eigenvalue weighted by Gasteiger charge is 2.12. The van der Waals surface area contributed by atoms with Crippen LogP contribution in [0.25, 0.3) is 22.5 Å². The zero-order valence-corrected chi connectivity index (χ0v) is 26.8. The first-order valence-corrected chi connectivity index (χ1v) is 14.6. The number of anilines is 1. The summed E-state index contributed by atoms with van der Waals surface area (Å²) < 4.78 is 20.1. The maximum atomic E-state index is 11.5. The Balaban J connectivity index is 0.000000240. The SMILES string of the molecule is COCCCc1cnc(Br)c(-c2ccc(C(=O)OC)cc2)n1.COCCCc1cnc(N)c(-c2ccc(C(=O)OC)cc2)n1. The van der Waals surface area contributed by atoms with E-state index < -0.39 is 0 Å². The normalized spacial score (nSPS) is 10.5. The van der Waals surface area contributed by atoms with Crippen molar-refractivity contribution in [1.82, 2.24) is 19.9 Å². The molecule has 0 aliphatic heterocycles. The van der Waals surface area contributed by atoms with Crippen LogP contribution in [0.1, 0.15) is 44.9 Å². The summed E-state index contributed by atoms with van der Waals surface area (Å²) in [4.78, 5) is 40.6. The van der Waals surface area contributed by atoms with Gasteiger partial charge in [0, 0.05) is 44.8 Å². The lowest BCUT2D eigenvalue weighted by atomic mass is 10.1. The third-order valence-electron chi connectivity index (χ3n) is 6.35. The van der Waals surface area contributed by atoms with Crippen LogP contribution < -0.4 is 5.73 Å². The Kier molecular flexibility index (Phi) is 13.8. The van der Waals surface area contributed by atoms with Crippen molar-refractivity contribution in [3.8, 4) is 22.5 Å². The lowest BCUT2D eigenvalue weighted by Crippen LogP contribution is -2.03. The van der Waals surface area contributed by atoms with Gasteiger partial charge in [0.1, 0.15) is 21.8 Å². The van der Waals surface area contributed by atoms with Crippen LogP contribution in [0.15, 0.2) is 65.5 Å². The molecule has 0 spiro atoms. The Bertz CT molecular complexity index is 1400. The monoisotopic (exact) mass is 665 g/mol. The van der Waals surface area contributed by atoms with E-state index >= 15 is 0 Å². The molecule has 0 saturated heterocycles. The van der Waals surface area contributed by atoms with E-state index in [1.807, 2.05) is 12.1 Å². The third-order valence-corrected chi connectivity index (χ3v) is 6.93. The molecule has 4 aromatic rings. The second-order valence-electron chi connectivity index (χ2n) is 9.43. The molecular formula is C32H36BrN5O6. The molecule has 0 bridgehead atoms. The molecule has 2 aromatic carbocycles. The molecule has 4 rings (SSSR count). The van der Waals surface area contributed by atoms with E-state index in [1.165, 1.54) is 14.2 Å². The van der Waals surface area contributed by atoms with Crippen molar-refractivity contribution >= 4 is 33.7 Å². The van der Waals surface area contributed by atoms with E-state index in [1.54, 1.807) is 63.0 Å². The molecule has 44 heavy (non-hydrogen) atoms. The standard InChI is InChI=1S/C16H17BrN2O3.C16H19N3O3/c2*1-21-9-3-4-13-10-18-15(17)14(19-13)11-5-7-12(8-6-11)16(20)22-2/h5-8,10H,3-4,9H2,1-2H3;5-8,10H,3-4,9H2,1-2H3,(H2,17,18). The van der Waals surface area contributed by atoms with Gasteiger partial charge >= 0.3 is 11.9 Å². The molecule has 0 saturated carbocycles. The van der Waals surface area contributed by atoms with Crippen LogP contribution in [0.2, 0.25) is 0 Å². The van der Waals surface area contributed by atoms with E-state index in [-0.39, 0.29) is 11.9 Å². The molecule has 0 aliphatic carbocycles. The minimum atomic E-state index is -0.376. The smallest absolute Gasteiger partial charge is 0.337 e. The Hall–Kier alpha value is -4.26. The Labute approximate surface area is 265 Å². The molecule has 2 N–H and O–H groups in total. The van der Waals surface area contributed by atoms with E-state index in [2.05, 4.69) is 40.6 Å². The molecule has 11 nitrogen and oxygen atoms in total. The van der Waals surface area contributed by atoms with Gasteiger partial charge in [0.15, 0.2) is 0 Å². The molecule has 0 radical (unpaired) electrons. The van der Waals surface area contributed by atoms with Gasteiger partial charge in [-0.3, -0.25) is 0 Å². The number of hydrogen-bond acceptors (Lipinski definition) is 11. The summed E-state index contributed by atoms with van der Waals surface area (Å²) in [6.07, 6.45) is 6.78. The van der Waals surface area contributed by atoms with Crippen molar-refractivity contribution in [1.29, 1.82) is 0 Å². The van der Waals surface area contributed by atoms with Gasteiger partial charge < -0.3 is 24.7 Å². The fourth-order valence-electron chi connectivity index (χ4n) is 4.04. The number of esters is 2. The number of aromatic nitrogens is 4. The minimum absolute atomic E-state index is 0.356. The highest BCUT2D eigenvalue weighted by Crippen LogP contribution is 2.26. The van der Waals surface area contributed by atoms with E-state index in [0.29, 0.717) is 40.5 Å². The number of carbonyl (C=O) groups is 2. The molecule has 232 valence electrons. The summed E-state index contributed by atoms with van der Waals surface area (Å²) >= 11 is 3.42. The van der Waals surface area contributed by atoms with Gasteiger partial charge in [-0.2, -0.15) is 0 Å². The van der Waals surface area contributed by atoms with Crippen molar-refractivity contribution in [3.05, 3.63) is 88.0 Å². The number of nitrogens with zero attached hydrogens (tertiary/aromatic N) is 4. The maximum absolute atomic E-state index is 11.5. The number of nitrogens with two attached hydrogens (primary N) is 1. The number of ether oxygens (including phenoxy) is 4. The third kappa shape index (κ3) is 9.90. The summed E-state index contributed by atoms with van der Waals surface area (Å²) in [6, 6.07) is 14.0. The van der Waals surface area contributed by atoms with Crippen LogP contribution in [0.3, 0.4) is 0 Å². The molecule has 0 aliphatic rings. The number of methoxy groups -OCH3 is 4. The van der Waals surface area contributed by atoms with Crippen molar-refractivity contribution in [2.45, 2.75) is 25.7 Å². The molecule has 0 unspecified atom stereocenters. The second-order valence-corrected chi connectivity index (χ2v) is 10.2. The number of halogens is 1. The average molecular weight is 667 g/mol. The molecule has 0 atom stereocenters. The lowest BCUT2D eigenvalue weighted by molar-refractivity contribution is 0.0592. The Morgan fingerprint density at radius 2 is 1.11 bits per heavy atom. The number of hydrogen-bond donors (Lipinski definition) is 1. The Morgan fingerprint density at radius 3 is 1.57 bits per heavy atom. The predicted molar refractivity (Wildman–Crippen MR) is 170 cm³/mol. The van der Waals surface area contributed by atoms with Crippen molar-refractivity contribution in [2.24, 2.45) is 0 Å². The number of aryl methyl sites for hydroxylation is 2. The number of nitrogen functional groups attached to an aromatic ring is 1. The van der Waals surface area contributed by atoms with E-state index in [9.17, 15) is 9.59 Å². The van der Waals surface area contributed by atoms with Crippen molar-refractivity contribution < 1.29 is 28.5 Å². The van der Waals surface area contributed by atoms with Crippen LogP contribution in [-0.2, 0) is 31.8 Å². The molecule has 12 heteroatoms. The zero-order valence-electron chi connectivity index (χ0n) is 25.2. The first-order chi connectivity index (χ1) is 21.3. The number of benzene rings is 2. The van der Waals surface area contributed by atoms with Crippen LogP contribution in [0.4, 0.5) is 5.82 Å². The summed E-state index contributed by atoms with van der Waals surface area (Å²) in [7, 11) is 6.06. The minimum Gasteiger partial charge on any atom is -0.465 e. The lowest BCUT2D eigenvalue weighted by Gasteiger charge is -2.08. The van der Waals surface area contributed by atoms with Crippen molar-refractivity contribution in [3.63, 3.8) is 0 Å². The van der Waals surface area contributed by atoms with Gasteiger partial charge in [-0.15, -0.1) is 0 Å². The molecule has 0 amide bonds. The van der Waals surface area contributed by atoms with Crippen molar-refractivity contribution in [2.75, 3.05) is 47.4 Å². The summed E-state index contributed by atoms with van der Waals surface area (Å²) in [5.41, 5.74) is 11.7. The predicted octanol–water partition coefficient (Wildman–Crippen LogP) is 5.36. The van der Waals surface area contributed by atoms with Crippen LogP contribution >= 0.6 is 15.9 Å². The van der Waals surface area contributed by atoms with Gasteiger partial charge in [0.25, 0.3) is 0 Å². The topological polar surface area (TPSA) is 149 Å². The van der Waals surface area contributed by atoms with Gasteiger partial charge in [-0.25, -0.2) is 29.5 Å². The average Bonchev–Trinajstić information content (AvgIpc) is 3.06. The fraction of sp³-hybridized carbons (Fsp3) is 0.312. The summed E-state index contributed by atoms with van der Waals surface area (Å²) in [6.45, 7) is 1.37. The quantitative estimate of drug-likeness (QED) is 0.154. The first kappa shape index (κ1) is 34.2. The maximum Gasteiger partial charge on any atom is 0.337 e. The highest BCUT2D eigenvalue weighted by atomic mass is 79.9. The molecule has 2 heterocycles. The molecular weight excluding hydrogens is 630 g/mol. The Morgan fingerprint density at radius 1 is 0.682 bits per heavy atom.